The molecule has 2 N–H and O–H groups in total. The predicted molar refractivity (Wildman–Crippen MR) is 124 cm³/mol. The topological polar surface area (TPSA) is 74.6 Å². The van der Waals surface area contributed by atoms with Gasteiger partial charge in [0.25, 0.3) is 14.7 Å². The first kappa shape index (κ1) is 25.2. The zero-order valence-corrected chi connectivity index (χ0v) is 20.0. The Labute approximate surface area is 197 Å². The predicted octanol–water partition coefficient (Wildman–Crippen LogP) is 3.81. The third kappa shape index (κ3) is 6.48. The second-order valence-electron chi connectivity index (χ2n) is 6.49. The van der Waals surface area contributed by atoms with Crippen LogP contribution in [0.3, 0.4) is 0 Å². The largest absolute Gasteiger partial charge is 0.338 e. The smallest absolute Gasteiger partial charge is 0.258 e. The standard InChI is InChI=1S/2C12H11O2P.Ti/c2*13-15(14,11-7-3-1-4-8-11)12-9-5-2-6-10-12;/h2*1-10H,(H,13,14);. The van der Waals surface area contributed by atoms with Gasteiger partial charge in [-0.05, 0) is 48.5 Å². The molecule has 0 unspecified atom stereocenters. The van der Waals surface area contributed by atoms with E-state index in [4.69, 9.17) is 0 Å². The molecule has 4 aromatic carbocycles. The summed E-state index contributed by atoms with van der Waals surface area (Å²) in [4.78, 5) is 20.0. The Kier molecular flexibility index (Phi) is 9.41. The van der Waals surface area contributed by atoms with Crippen molar-refractivity contribution in [3.63, 3.8) is 0 Å². The molecule has 0 saturated heterocycles. The van der Waals surface area contributed by atoms with E-state index in [1.807, 2.05) is 24.3 Å². The van der Waals surface area contributed by atoms with Crippen LogP contribution in [0.4, 0.5) is 0 Å². The molecule has 0 atom stereocenters. The summed E-state index contributed by atoms with van der Waals surface area (Å²) < 4.78 is 24.3. The SMILES string of the molecule is O=P(O)(c1ccccc1)c1ccccc1.O=P(O)(c1ccccc1)c1ccccc1.[Ti]. The fraction of sp³-hybridized carbons (Fsp3) is 0. The van der Waals surface area contributed by atoms with Crippen molar-refractivity contribution in [2.75, 3.05) is 0 Å². The van der Waals surface area contributed by atoms with E-state index in [-0.39, 0.29) is 21.7 Å². The van der Waals surface area contributed by atoms with E-state index in [0.29, 0.717) is 21.2 Å². The monoisotopic (exact) mass is 484 g/mol. The van der Waals surface area contributed by atoms with Crippen LogP contribution in [0.5, 0.6) is 0 Å². The van der Waals surface area contributed by atoms with E-state index in [1.54, 1.807) is 97.1 Å². The quantitative estimate of drug-likeness (QED) is 0.342. The molecular weight excluding hydrogens is 462 g/mol. The van der Waals surface area contributed by atoms with E-state index >= 15 is 0 Å². The molecule has 31 heavy (non-hydrogen) atoms. The van der Waals surface area contributed by atoms with Gasteiger partial charge < -0.3 is 9.79 Å². The Morgan fingerprint density at radius 1 is 0.387 bits per heavy atom. The molecule has 0 saturated carbocycles. The molecule has 0 radical (unpaired) electrons. The zero-order valence-electron chi connectivity index (χ0n) is 16.7. The van der Waals surface area contributed by atoms with Crippen LogP contribution in [-0.4, -0.2) is 9.79 Å². The molecule has 0 heterocycles. The molecule has 0 fully saturated rings. The summed E-state index contributed by atoms with van der Waals surface area (Å²) in [6, 6.07) is 34.8. The molecule has 0 aliphatic heterocycles. The molecule has 4 nitrogen and oxygen atoms in total. The van der Waals surface area contributed by atoms with Crippen molar-refractivity contribution >= 4 is 36.0 Å². The summed E-state index contributed by atoms with van der Waals surface area (Å²) in [6.45, 7) is 0. The van der Waals surface area contributed by atoms with Crippen molar-refractivity contribution in [2.45, 2.75) is 0 Å². The Balaban J connectivity index is 0.000000213. The number of rotatable bonds is 4. The Morgan fingerprint density at radius 2 is 0.548 bits per heavy atom. The Hall–Kier alpha value is -2.03. The molecule has 0 bridgehead atoms. The van der Waals surface area contributed by atoms with Crippen LogP contribution in [0.25, 0.3) is 0 Å². The first-order valence-electron chi connectivity index (χ1n) is 9.30. The van der Waals surface area contributed by atoms with E-state index in [9.17, 15) is 18.9 Å². The summed E-state index contributed by atoms with van der Waals surface area (Å²) in [5.74, 6) is 0. The second kappa shape index (κ2) is 11.6. The normalized spacial score (nSPS) is 10.9. The number of hydrogen-bond acceptors (Lipinski definition) is 2. The molecule has 0 aliphatic rings. The van der Waals surface area contributed by atoms with Crippen LogP contribution in [0.2, 0.25) is 0 Å². The van der Waals surface area contributed by atoms with Crippen molar-refractivity contribution in [3.05, 3.63) is 121 Å². The maximum absolute atomic E-state index is 12.2. The van der Waals surface area contributed by atoms with E-state index in [1.165, 1.54) is 0 Å². The summed E-state index contributed by atoms with van der Waals surface area (Å²) in [5, 5.41) is 1.87. The summed E-state index contributed by atoms with van der Waals surface area (Å²) in [6.07, 6.45) is 0. The zero-order chi connectivity index (χ0) is 21.5. The molecule has 4 rings (SSSR count). The maximum Gasteiger partial charge on any atom is 0.258 e. The fourth-order valence-electron chi connectivity index (χ4n) is 2.82. The van der Waals surface area contributed by atoms with Gasteiger partial charge in [0.2, 0.25) is 0 Å². The molecular formula is C24H22O4P2Ti. The van der Waals surface area contributed by atoms with Crippen LogP contribution in [0.1, 0.15) is 0 Å². The van der Waals surface area contributed by atoms with Crippen molar-refractivity contribution in [3.8, 4) is 0 Å². The van der Waals surface area contributed by atoms with Gasteiger partial charge in [-0.25, -0.2) is 0 Å². The van der Waals surface area contributed by atoms with Gasteiger partial charge in [-0.3, -0.25) is 9.13 Å². The van der Waals surface area contributed by atoms with Crippen molar-refractivity contribution in [1.82, 2.24) is 0 Å². The van der Waals surface area contributed by atoms with Crippen LogP contribution in [-0.2, 0) is 30.8 Å². The van der Waals surface area contributed by atoms with Gasteiger partial charge in [0, 0.05) is 42.9 Å². The average molecular weight is 484 g/mol. The van der Waals surface area contributed by atoms with Crippen molar-refractivity contribution in [1.29, 1.82) is 0 Å². The van der Waals surface area contributed by atoms with Crippen molar-refractivity contribution < 1.29 is 40.6 Å². The van der Waals surface area contributed by atoms with Gasteiger partial charge >= 0.3 is 0 Å². The maximum atomic E-state index is 12.2. The first-order chi connectivity index (χ1) is 14.4. The fourth-order valence-corrected chi connectivity index (χ4v) is 5.72. The summed E-state index contributed by atoms with van der Waals surface area (Å²) >= 11 is 0. The summed E-state index contributed by atoms with van der Waals surface area (Å²) in [5.41, 5.74) is 0. The van der Waals surface area contributed by atoms with Crippen LogP contribution in [0, 0.1) is 0 Å². The molecule has 0 amide bonds. The van der Waals surface area contributed by atoms with Crippen LogP contribution in [0.15, 0.2) is 121 Å². The minimum atomic E-state index is -3.40. The Bertz CT molecular complexity index is 973. The summed E-state index contributed by atoms with van der Waals surface area (Å²) in [7, 11) is -6.79. The molecule has 0 spiro atoms. The third-order valence-corrected chi connectivity index (χ3v) is 8.42. The Morgan fingerprint density at radius 3 is 0.710 bits per heavy atom. The van der Waals surface area contributed by atoms with E-state index < -0.39 is 14.7 Å². The minimum Gasteiger partial charge on any atom is -0.338 e. The number of hydrogen-bond donors (Lipinski definition) is 2. The third-order valence-electron chi connectivity index (χ3n) is 4.42. The van der Waals surface area contributed by atoms with Gasteiger partial charge in [-0.2, -0.15) is 0 Å². The van der Waals surface area contributed by atoms with Crippen molar-refractivity contribution in [2.24, 2.45) is 0 Å². The average Bonchev–Trinajstić information content (AvgIpc) is 2.82. The first-order valence-corrected chi connectivity index (χ1v) is 12.6. The van der Waals surface area contributed by atoms with Gasteiger partial charge in [0.1, 0.15) is 0 Å². The molecule has 0 aliphatic carbocycles. The molecule has 7 heteroatoms. The van der Waals surface area contributed by atoms with Crippen LogP contribution < -0.4 is 21.2 Å². The minimum absolute atomic E-state index is 0. The second-order valence-corrected chi connectivity index (χ2v) is 10.9. The molecule has 4 aromatic rings. The number of benzene rings is 4. The van der Waals surface area contributed by atoms with Crippen LogP contribution >= 0.6 is 14.7 Å². The van der Waals surface area contributed by atoms with Gasteiger partial charge in [-0.15, -0.1) is 0 Å². The van der Waals surface area contributed by atoms with E-state index in [2.05, 4.69) is 0 Å². The van der Waals surface area contributed by atoms with Gasteiger partial charge in [-0.1, -0.05) is 72.8 Å². The van der Waals surface area contributed by atoms with Gasteiger partial charge in [0.05, 0.1) is 0 Å². The molecule has 156 valence electrons. The molecule has 0 aromatic heterocycles. The van der Waals surface area contributed by atoms with E-state index in [0.717, 1.165) is 0 Å². The van der Waals surface area contributed by atoms with Gasteiger partial charge in [0.15, 0.2) is 0 Å².